The van der Waals surface area contributed by atoms with Crippen LogP contribution in [0.25, 0.3) is 0 Å². The molecule has 2 aliphatic carbocycles. The van der Waals surface area contributed by atoms with Gasteiger partial charge in [-0.3, -0.25) is 19.2 Å². The highest BCUT2D eigenvalue weighted by molar-refractivity contribution is 6.03. The summed E-state index contributed by atoms with van der Waals surface area (Å²) in [5, 5.41) is 0. The number of hydrogen-bond donors (Lipinski definition) is 0. The molecule has 1 aromatic heterocycles. The van der Waals surface area contributed by atoms with E-state index in [0.717, 1.165) is 38.5 Å². The van der Waals surface area contributed by atoms with Gasteiger partial charge in [-0.1, -0.05) is 12.8 Å². The lowest BCUT2D eigenvalue weighted by atomic mass is 9.77. The summed E-state index contributed by atoms with van der Waals surface area (Å²) in [6, 6.07) is 3.05. The number of carbonyl (C=O) groups is 4. The fraction of sp³-hybridized carbons (Fsp3) is 0.652. The Labute approximate surface area is 184 Å². The van der Waals surface area contributed by atoms with Gasteiger partial charge in [-0.25, -0.2) is 0 Å². The minimum absolute atomic E-state index is 0.113. The number of furan rings is 1. The van der Waals surface area contributed by atoms with Crippen molar-refractivity contribution < 1.29 is 42.5 Å². The molecule has 0 bridgehead atoms. The summed E-state index contributed by atoms with van der Waals surface area (Å²) in [5.74, 6) is -10.1. The van der Waals surface area contributed by atoms with E-state index in [4.69, 9.17) is 23.4 Å². The van der Waals surface area contributed by atoms with Crippen LogP contribution in [-0.2, 0) is 38.1 Å². The Hall–Kier alpha value is -2.84. The number of hydrogen-bond acceptors (Lipinski definition) is 9. The standard InChI is InChI=1S/C23H26O9/c24-18-16(19(25)30-22(29-18)9-3-1-4-10-22)15(14-8-7-13-28-14)17-20(26)31-23(32-21(17)27)11-5-2-6-12-23/h7-8,13,15-17H,1-6,9-12H2. The predicted molar refractivity (Wildman–Crippen MR) is 104 cm³/mol. The van der Waals surface area contributed by atoms with Crippen molar-refractivity contribution in [3.63, 3.8) is 0 Å². The summed E-state index contributed by atoms with van der Waals surface area (Å²) >= 11 is 0. The summed E-state index contributed by atoms with van der Waals surface area (Å²) in [4.78, 5) is 52.4. The number of rotatable bonds is 3. The third kappa shape index (κ3) is 3.57. The van der Waals surface area contributed by atoms with E-state index < -0.39 is 53.2 Å². The maximum Gasteiger partial charge on any atom is 0.324 e. The lowest BCUT2D eigenvalue weighted by Gasteiger charge is -2.44. The van der Waals surface area contributed by atoms with Gasteiger partial charge in [0, 0.05) is 25.7 Å². The second-order valence-corrected chi connectivity index (χ2v) is 9.12. The average Bonchev–Trinajstić information content (AvgIpc) is 3.27. The molecule has 1 aromatic rings. The van der Waals surface area contributed by atoms with E-state index in [2.05, 4.69) is 0 Å². The van der Waals surface area contributed by atoms with Crippen LogP contribution >= 0.6 is 0 Å². The van der Waals surface area contributed by atoms with E-state index in [9.17, 15) is 19.2 Å². The zero-order valence-corrected chi connectivity index (χ0v) is 17.7. The molecule has 0 unspecified atom stereocenters. The van der Waals surface area contributed by atoms with Gasteiger partial charge in [0.15, 0.2) is 11.8 Å². The van der Waals surface area contributed by atoms with E-state index in [1.54, 1.807) is 6.07 Å². The van der Waals surface area contributed by atoms with Crippen molar-refractivity contribution in [1.82, 2.24) is 0 Å². The van der Waals surface area contributed by atoms with Gasteiger partial charge >= 0.3 is 23.9 Å². The number of ether oxygens (including phenoxy) is 4. The average molecular weight is 446 g/mol. The molecule has 3 heterocycles. The van der Waals surface area contributed by atoms with Crippen LogP contribution in [0.3, 0.4) is 0 Å². The molecule has 5 rings (SSSR count). The van der Waals surface area contributed by atoms with Crippen LogP contribution in [0.1, 0.15) is 75.9 Å². The monoisotopic (exact) mass is 446 g/mol. The van der Waals surface area contributed by atoms with Crippen molar-refractivity contribution in [3.8, 4) is 0 Å². The van der Waals surface area contributed by atoms with Crippen LogP contribution in [0.2, 0.25) is 0 Å². The maximum atomic E-state index is 13.1. The molecule has 0 atom stereocenters. The van der Waals surface area contributed by atoms with Gasteiger partial charge < -0.3 is 23.4 Å². The second kappa shape index (κ2) is 7.94. The van der Waals surface area contributed by atoms with Gasteiger partial charge in [0.05, 0.1) is 12.2 Å². The first-order valence-electron chi connectivity index (χ1n) is 11.4. The molecular formula is C23H26O9. The van der Waals surface area contributed by atoms with Gasteiger partial charge in [0.2, 0.25) is 0 Å². The highest BCUT2D eigenvalue weighted by Gasteiger charge is 2.60. The van der Waals surface area contributed by atoms with E-state index in [1.165, 1.54) is 12.3 Å². The molecule has 2 spiro atoms. The summed E-state index contributed by atoms with van der Waals surface area (Å²) in [5.41, 5.74) is 0. The Kier molecular flexibility index (Phi) is 5.22. The molecule has 2 aliphatic heterocycles. The van der Waals surface area contributed by atoms with Gasteiger partial charge in [0.1, 0.15) is 5.76 Å². The predicted octanol–water partition coefficient (Wildman–Crippen LogP) is 3.12. The van der Waals surface area contributed by atoms with Gasteiger partial charge in [-0.15, -0.1) is 0 Å². The third-order valence-electron chi connectivity index (χ3n) is 6.98. The molecule has 9 heteroatoms. The Morgan fingerprint density at radius 3 is 1.41 bits per heavy atom. The Bertz CT molecular complexity index is 808. The van der Waals surface area contributed by atoms with Crippen LogP contribution in [0.4, 0.5) is 0 Å². The molecule has 32 heavy (non-hydrogen) atoms. The quantitative estimate of drug-likeness (QED) is 0.509. The maximum absolute atomic E-state index is 13.1. The summed E-state index contributed by atoms with van der Waals surface area (Å²) in [6.07, 6.45) is 8.09. The topological polar surface area (TPSA) is 118 Å². The van der Waals surface area contributed by atoms with E-state index in [-0.39, 0.29) is 5.76 Å². The normalized spacial score (nSPS) is 28.6. The molecular weight excluding hydrogens is 420 g/mol. The molecule has 2 saturated heterocycles. The first kappa shape index (κ1) is 21.0. The zero-order chi connectivity index (χ0) is 22.3. The molecule has 0 amide bonds. The second-order valence-electron chi connectivity index (χ2n) is 9.12. The van der Waals surface area contributed by atoms with Gasteiger partial charge in [-0.05, 0) is 37.8 Å². The van der Waals surface area contributed by atoms with Crippen LogP contribution in [0, 0.1) is 11.8 Å². The smallest absolute Gasteiger partial charge is 0.324 e. The highest BCUT2D eigenvalue weighted by Crippen LogP contribution is 2.46. The fourth-order valence-corrected chi connectivity index (χ4v) is 5.40. The minimum Gasteiger partial charge on any atom is -0.469 e. The van der Waals surface area contributed by atoms with E-state index >= 15 is 0 Å². The van der Waals surface area contributed by atoms with Crippen LogP contribution in [0.15, 0.2) is 22.8 Å². The minimum atomic E-state index is -1.54. The van der Waals surface area contributed by atoms with Crippen molar-refractivity contribution in [2.45, 2.75) is 81.7 Å². The number of carbonyl (C=O) groups excluding carboxylic acids is 4. The molecule has 2 saturated carbocycles. The first-order valence-corrected chi connectivity index (χ1v) is 11.4. The fourth-order valence-electron chi connectivity index (χ4n) is 5.40. The summed E-state index contributed by atoms with van der Waals surface area (Å²) in [6.45, 7) is 0. The molecule has 4 aliphatic rings. The van der Waals surface area contributed by atoms with Crippen LogP contribution in [-0.4, -0.2) is 35.5 Å². The molecule has 9 nitrogen and oxygen atoms in total. The van der Waals surface area contributed by atoms with Crippen molar-refractivity contribution in [2.24, 2.45) is 11.8 Å². The zero-order valence-electron chi connectivity index (χ0n) is 17.7. The van der Waals surface area contributed by atoms with Crippen molar-refractivity contribution in [2.75, 3.05) is 0 Å². The summed E-state index contributed by atoms with van der Waals surface area (Å²) in [7, 11) is 0. The van der Waals surface area contributed by atoms with Crippen molar-refractivity contribution >= 4 is 23.9 Å². The highest BCUT2D eigenvalue weighted by atomic mass is 16.8. The molecule has 172 valence electrons. The lowest BCUT2D eigenvalue weighted by molar-refractivity contribution is -0.268. The first-order chi connectivity index (χ1) is 15.4. The van der Waals surface area contributed by atoms with Gasteiger partial charge in [0.25, 0.3) is 11.6 Å². The lowest BCUT2D eigenvalue weighted by Crippen LogP contribution is -2.57. The summed E-state index contributed by atoms with van der Waals surface area (Å²) < 4.78 is 27.9. The third-order valence-corrected chi connectivity index (χ3v) is 6.98. The molecule has 4 fully saturated rings. The Morgan fingerprint density at radius 2 is 1.06 bits per heavy atom. The van der Waals surface area contributed by atoms with Crippen molar-refractivity contribution in [1.29, 1.82) is 0 Å². The molecule has 0 N–H and O–H groups in total. The van der Waals surface area contributed by atoms with Gasteiger partial charge in [-0.2, -0.15) is 0 Å². The number of esters is 4. The SMILES string of the molecule is O=C1OC2(CCCCC2)OC(=O)C1C(c1ccco1)C1C(=O)OC2(CCCCC2)OC1=O. The molecule has 0 radical (unpaired) electrons. The van der Waals surface area contributed by atoms with Crippen molar-refractivity contribution in [3.05, 3.63) is 24.2 Å². The van der Waals surface area contributed by atoms with Crippen LogP contribution in [0.5, 0.6) is 0 Å². The molecule has 0 aromatic carbocycles. The Morgan fingerprint density at radius 1 is 0.656 bits per heavy atom. The van der Waals surface area contributed by atoms with E-state index in [1.807, 2.05) is 0 Å². The Balaban J connectivity index is 1.45. The largest absolute Gasteiger partial charge is 0.469 e. The van der Waals surface area contributed by atoms with E-state index in [0.29, 0.717) is 25.7 Å². The van der Waals surface area contributed by atoms with Crippen LogP contribution < -0.4 is 0 Å².